The highest BCUT2D eigenvalue weighted by atomic mass is 16.4. The lowest BCUT2D eigenvalue weighted by Crippen LogP contribution is -2.54. The fourth-order valence-corrected chi connectivity index (χ4v) is 2.82. The molecular weight excluding hydrogens is 256 g/mol. The third kappa shape index (κ3) is 3.72. The molecule has 0 aromatic carbocycles. The first-order chi connectivity index (χ1) is 9.36. The van der Waals surface area contributed by atoms with Crippen molar-refractivity contribution in [2.45, 2.75) is 58.9 Å². The minimum Gasteiger partial charge on any atom is -0.480 e. The number of rotatable bonds is 6. The second-order valence-electron chi connectivity index (χ2n) is 6.34. The van der Waals surface area contributed by atoms with E-state index < -0.39 is 17.4 Å². The van der Waals surface area contributed by atoms with Crippen LogP contribution < -0.4 is 11.1 Å². The molecule has 2 unspecified atom stereocenters. The van der Waals surface area contributed by atoms with Crippen molar-refractivity contribution in [1.82, 2.24) is 5.32 Å². The number of amides is 1. The molecule has 1 rings (SSSR count). The molecule has 5 nitrogen and oxygen atoms in total. The fourth-order valence-electron chi connectivity index (χ4n) is 2.82. The highest BCUT2D eigenvalue weighted by Crippen LogP contribution is 2.38. The molecule has 1 saturated carbocycles. The maximum absolute atomic E-state index is 12.5. The molecule has 0 aliphatic heterocycles. The van der Waals surface area contributed by atoms with Gasteiger partial charge in [0.25, 0.3) is 0 Å². The van der Waals surface area contributed by atoms with Gasteiger partial charge in [-0.15, -0.1) is 0 Å². The summed E-state index contributed by atoms with van der Waals surface area (Å²) in [6.07, 6.45) is 4.17. The van der Waals surface area contributed by atoms with Gasteiger partial charge in [-0.3, -0.25) is 4.79 Å². The monoisotopic (exact) mass is 284 g/mol. The molecule has 0 bridgehead atoms. The highest BCUT2D eigenvalue weighted by molar-refractivity contribution is 5.87. The molecule has 0 radical (unpaired) electrons. The molecule has 1 aliphatic carbocycles. The van der Waals surface area contributed by atoms with E-state index in [1.165, 1.54) is 0 Å². The Balaban J connectivity index is 2.78. The standard InChI is InChI=1S/C15H28N2O3/c1-4-11(3)12(13(18)19)17-14(20)15(9-16)7-5-10(2)6-8-15/h10-12H,4-9,16H2,1-3H3,(H,17,20)(H,18,19). The van der Waals surface area contributed by atoms with Crippen LogP contribution >= 0.6 is 0 Å². The van der Waals surface area contributed by atoms with Crippen LogP contribution in [0.2, 0.25) is 0 Å². The fraction of sp³-hybridized carbons (Fsp3) is 0.867. The number of nitrogens with one attached hydrogen (secondary N) is 1. The van der Waals surface area contributed by atoms with Crippen molar-refractivity contribution in [1.29, 1.82) is 0 Å². The lowest BCUT2D eigenvalue weighted by atomic mass is 9.70. The Morgan fingerprint density at radius 3 is 2.35 bits per heavy atom. The van der Waals surface area contributed by atoms with Crippen molar-refractivity contribution in [2.24, 2.45) is 23.0 Å². The van der Waals surface area contributed by atoms with Crippen molar-refractivity contribution in [3.8, 4) is 0 Å². The summed E-state index contributed by atoms with van der Waals surface area (Å²) in [7, 11) is 0. The van der Waals surface area contributed by atoms with Gasteiger partial charge in [-0.1, -0.05) is 27.2 Å². The van der Waals surface area contributed by atoms with Crippen molar-refractivity contribution >= 4 is 11.9 Å². The summed E-state index contributed by atoms with van der Waals surface area (Å²) < 4.78 is 0. The Hall–Kier alpha value is -1.10. The van der Waals surface area contributed by atoms with Crippen LogP contribution in [0.25, 0.3) is 0 Å². The van der Waals surface area contributed by atoms with Gasteiger partial charge in [0, 0.05) is 6.54 Å². The van der Waals surface area contributed by atoms with Crippen LogP contribution in [0.3, 0.4) is 0 Å². The van der Waals surface area contributed by atoms with Crippen LogP contribution in [-0.2, 0) is 9.59 Å². The number of carboxylic acids is 1. The summed E-state index contributed by atoms with van der Waals surface area (Å²) in [4.78, 5) is 23.9. The molecule has 4 N–H and O–H groups in total. The third-order valence-electron chi connectivity index (χ3n) is 4.87. The van der Waals surface area contributed by atoms with E-state index in [-0.39, 0.29) is 11.8 Å². The zero-order chi connectivity index (χ0) is 15.3. The van der Waals surface area contributed by atoms with Crippen LogP contribution in [0.5, 0.6) is 0 Å². The van der Waals surface area contributed by atoms with Gasteiger partial charge in [0.1, 0.15) is 6.04 Å². The van der Waals surface area contributed by atoms with Crippen LogP contribution in [0.1, 0.15) is 52.9 Å². The van der Waals surface area contributed by atoms with Gasteiger partial charge in [-0.25, -0.2) is 4.79 Å². The van der Waals surface area contributed by atoms with Crippen molar-refractivity contribution in [3.63, 3.8) is 0 Å². The van der Waals surface area contributed by atoms with Crippen molar-refractivity contribution in [3.05, 3.63) is 0 Å². The average molecular weight is 284 g/mol. The Labute approximate surface area is 121 Å². The Morgan fingerprint density at radius 1 is 1.40 bits per heavy atom. The number of carbonyl (C=O) groups is 2. The van der Waals surface area contributed by atoms with Crippen molar-refractivity contribution in [2.75, 3.05) is 6.54 Å². The maximum Gasteiger partial charge on any atom is 0.326 e. The maximum atomic E-state index is 12.5. The van der Waals surface area contributed by atoms with Gasteiger partial charge in [0.05, 0.1) is 5.41 Å². The summed E-state index contributed by atoms with van der Waals surface area (Å²) in [6.45, 7) is 6.24. The molecule has 0 aromatic rings. The van der Waals surface area contributed by atoms with E-state index in [4.69, 9.17) is 5.73 Å². The van der Waals surface area contributed by atoms with E-state index in [2.05, 4.69) is 12.2 Å². The number of aliphatic carboxylic acids is 1. The van der Waals surface area contributed by atoms with Gasteiger partial charge in [-0.05, 0) is 37.5 Å². The summed E-state index contributed by atoms with van der Waals surface area (Å²) in [5.74, 6) is -0.621. The van der Waals surface area contributed by atoms with Crippen LogP contribution in [-0.4, -0.2) is 29.6 Å². The number of nitrogens with two attached hydrogens (primary N) is 1. The topological polar surface area (TPSA) is 92.4 Å². The molecule has 1 amide bonds. The first kappa shape index (κ1) is 17.0. The summed E-state index contributed by atoms with van der Waals surface area (Å²) >= 11 is 0. The second kappa shape index (κ2) is 7.07. The van der Waals surface area contributed by atoms with Gasteiger partial charge in [-0.2, -0.15) is 0 Å². The van der Waals surface area contributed by atoms with E-state index >= 15 is 0 Å². The first-order valence-electron chi connectivity index (χ1n) is 7.60. The minimum absolute atomic E-state index is 0.0891. The highest BCUT2D eigenvalue weighted by Gasteiger charge is 2.41. The second-order valence-corrected chi connectivity index (χ2v) is 6.34. The minimum atomic E-state index is -0.968. The summed E-state index contributed by atoms with van der Waals surface area (Å²) in [6, 6.07) is -0.824. The lowest BCUT2D eigenvalue weighted by molar-refractivity contribution is -0.146. The van der Waals surface area contributed by atoms with E-state index in [0.717, 1.165) is 25.7 Å². The number of carboxylic acid groups (broad SMARTS) is 1. The molecular formula is C15H28N2O3. The van der Waals surface area contributed by atoms with E-state index in [1.54, 1.807) is 0 Å². The first-order valence-corrected chi connectivity index (χ1v) is 7.60. The third-order valence-corrected chi connectivity index (χ3v) is 4.87. The molecule has 5 heteroatoms. The van der Waals surface area contributed by atoms with Gasteiger partial charge < -0.3 is 16.2 Å². The Morgan fingerprint density at radius 2 is 1.95 bits per heavy atom. The SMILES string of the molecule is CCC(C)C(NC(=O)C1(CN)CCC(C)CC1)C(=O)O. The smallest absolute Gasteiger partial charge is 0.326 e. The largest absolute Gasteiger partial charge is 0.480 e. The van der Waals surface area contributed by atoms with Gasteiger partial charge in [0.15, 0.2) is 0 Å². The molecule has 1 aliphatic rings. The Kier molecular flexibility index (Phi) is 5.99. The molecule has 0 saturated heterocycles. The predicted molar refractivity (Wildman–Crippen MR) is 78.1 cm³/mol. The molecule has 0 spiro atoms. The average Bonchev–Trinajstić information content (AvgIpc) is 2.44. The number of hydrogen-bond acceptors (Lipinski definition) is 3. The van der Waals surface area contributed by atoms with Crippen molar-refractivity contribution < 1.29 is 14.7 Å². The number of carbonyl (C=O) groups excluding carboxylic acids is 1. The van der Waals surface area contributed by atoms with Gasteiger partial charge >= 0.3 is 5.97 Å². The normalized spacial score (nSPS) is 29.5. The molecule has 1 fully saturated rings. The van der Waals surface area contributed by atoms with Crippen LogP contribution in [0.15, 0.2) is 0 Å². The lowest BCUT2D eigenvalue weighted by Gasteiger charge is -2.38. The molecule has 20 heavy (non-hydrogen) atoms. The molecule has 0 heterocycles. The predicted octanol–water partition coefficient (Wildman–Crippen LogP) is 1.76. The Bertz CT molecular complexity index is 349. The molecule has 0 aromatic heterocycles. The van der Waals surface area contributed by atoms with Crippen LogP contribution in [0.4, 0.5) is 0 Å². The summed E-state index contributed by atoms with van der Waals surface area (Å²) in [5.41, 5.74) is 5.26. The van der Waals surface area contributed by atoms with Crippen LogP contribution in [0, 0.1) is 17.3 Å². The number of hydrogen-bond donors (Lipinski definition) is 3. The zero-order valence-electron chi connectivity index (χ0n) is 12.8. The van der Waals surface area contributed by atoms with E-state index in [9.17, 15) is 14.7 Å². The van der Waals surface area contributed by atoms with Gasteiger partial charge in [0.2, 0.25) is 5.91 Å². The van der Waals surface area contributed by atoms with E-state index in [1.807, 2.05) is 13.8 Å². The molecule has 2 atom stereocenters. The quantitative estimate of drug-likeness (QED) is 0.693. The molecule has 116 valence electrons. The zero-order valence-corrected chi connectivity index (χ0v) is 12.8. The van der Waals surface area contributed by atoms with E-state index in [0.29, 0.717) is 18.9 Å². The summed E-state index contributed by atoms with van der Waals surface area (Å²) in [5, 5.41) is 12.0.